The summed E-state index contributed by atoms with van der Waals surface area (Å²) in [6, 6.07) is 6.31. The summed E-state index contributed by atoms with van der Waals surface area (Å²) in [5.41, 5.74) is 0.804. The van der Waals surface area contributed by atoms with Crippen LogP contribution in [0.3, 0.4) is 0 Å². The van der Waals surface area contributed by atoms with Gasteiger partial charge < -0.3 is 14.8 Å². The molecule has 1 aliphatic heterocycles. The van der Waals surface area contributed by atoms with Crippen LogP contribution in [0.1, 0.15) is 5.56 Å². The molecule has 23 heavy (non-hydrogen) atoms. The van der Waals surface area contributed by atoms with E-state index in [0.29, 0.717) is 17.9 Å². The van der Waals surface area contributed by atoms with E-state index in [0.717, 1.165) is 4.90 Å². The van der Waals surface area contributed by atoms with Gasteiger partial charge in [0.15, 0.2) is 0 Å². The van der Waals surface area contributed by atoms with E-state index in [2.05, 4.69) is 16.6 Å². The summed E-state index contributed by atoms with van der Waals surface area (Å²) in [7, 11) is 1.19. The molecule has 1 heterocycles. The van der Waals surface area contributed by atoms with Gasteiger partial charge in [0, 0.05) is 0 Å². The van der Waals surface area contributed by atoms with Crippen LogP contribution in [0.2, 0.25) is 0 Å². The van der Waals surface area contributed by atoms with Gasteiger partial charge in [0.1, 0.15) is 24.6 Å². The molecule has 0 radical (unpaired) electrons. The number of imide groups is 1. The molecule has 7 heteroatoms. The van der Waals surface area contributed by atoms with Gasteiger partial charge in [0.2, 0.25) is 0 Å². The van der Waals surface area contributed by atoms with Crippen LogP contribution in [0.15, 0.2) is 42.6 Å². The Morgan fingerprint density at radius 2 is 2.00 bits per heavy atom. The molecule has 1 aliphatic rings. The maximum absolute atomic E-state index is 12.1. The van der Waals surface area contributed by atoms with Crippen LogP contribution in [0.4, 0.5) is 4.79 Å². The average Bonchev–Trinajstić information content (AvgIpc) is 2.81. The fourth-order valence-electron chi connectivity index (χ4n) is 1.89. The van der Waals surface area contributed by atoms with Crippen molar-refractivity contribution in [2.24, 2.45) is 0 Å². The van der Waals surface area contributed by atoms with Gasteiger partial charge in [-0.1, -0.05) is 24.8 Å². The van der Waals surface area contributed by atoms with Crippen LogP contribution in [0.5, 0.6) is 5.75 Å². The van der Waals surface area contributed by atoms with Crippen LogP contribution < -0.4 is 10.1 Å². The predicted molar refractivity (Wildman–Crippen MR) is 82.4 cm³/mol. The lowest BCUT2D eigenvalue weighted by Crippen LogP contribution is -2.36. The molecule has 2 rings (SSSR count). The van der Waals surface area contributed by atoms with Crippen molar-refractivity contribution in [2.45, 2.75) is 0 Å². The highest BCUT2D eigenvalue weighted by molar-refractivity contribution is 6.15. The Kier molecular flexibility index (Phi) is 5.14. The average molecular weight is 316 g/mol. The van der Waals surface area contributed by atoms with Gasteiger partial charge in [-0.05, 0) is 23.8 Å². The molecule has 0 atom stereocenters. The topological polar surface area (TPSA) is 84.9 Å². The van der Waals surface area contributed by atoms with Gasteiger partial charge in [-0.3, -0.25) is 9.59 Å². The molecule has 3 amide bonds. The zero-order chi connectivity index (χ0) is 16.8. The highest BCUT2D eigenvalue weighted by atomic mass is 16.5. The van der Waals surface area contributed by atoms with Crippen molar-refractivity contribution in [3.63, 3.8) is 0 Å². The van der Waals surface area contributed by atoms with Gasteiger partial charge in [0.25, 0.3) is 5.91 Å². The molecular formula is C16H16N2O5. The van der Waals surface area contributed by atoms with Crippen LogP contribution in [0.25, 0.3) is 6.08 Å². The zero-order valence-corrected chi connectivity index (χ0v) is 12.6. The maximum atomic E-state index is 12.1. The van der Waals surface area contributed by atoms with E-state index in [1.54, 1.807) is 30.3 Å². The van der Waals surface area contributed by atoms with Gasteiger partial charge in [-0.25, -0.2) is 9.69 Å². The molecule has 1 aromatic rings. The first-order chi connectivity index (χ1) is 11.0. The second kappa shape index (κ2) is 7.26. The van der Waals surface area contributed by atoms with E-state index in [4.69, 9.17) is 4.74 Å². The number of esters is 1. The SMILES string of the molecule is C=CCOc1ccc(/C=C2/NC(=O)N(CC(=O)OC)C2=O)cc1. The predicted octanol–water partition coefficient (Wildman–Crippen LogP) is 1.32. The Balaban J connectivity index is 2.10. The summed E-state index contributed by atoms with van der Waals surface area (Å²) in [5, 5.41) is 2.43. The second-order valence-electron chi connectivity index (χ2n) is 4.62. The highest BCUT2D eigenvalue weighted by Gasteiger charge is 2.35. The summed E-state index contributed by atoms with van der Waals surface area (Å²) in [4.78, 5) is 35.8. The normalized spacial score (nSPS) is 15.5. The summed E-state index contributed by atoms with van der Waals surface area (Å²) >= 11 is 0. The fraction of sp³-hybridized carbons (Fsp3) is 0.188. The minimum Gasteiger partial charge on any atom is -0.490 e. The van der Waals surface area contributed by atoms with E-state index in [-0.39, 0.29) is 5.70 Å². The summed E-state index contributed by atoms with van der Waals surface area (Å²) in [6.45, 7) is 3.54. The first-order valence-electron chi connectivity index (χ1n) is 6.80. The molecule has 1 fully saturated rings. The number of benzene rings is 1. The van der Waals surface area contributed by atoms with Crippen LogP contribution in [-0.2, 0) is 14.3 Å². The largest absolute Gasteiger partial charge is 0.490 e. The zero-order valence-electron chi connectivity index (χ0n) is 12.6. The monoisotopic (exact) mass is 316 g/mol. The standard InChI is InChI=1S/C16H16N2O5/c1-3-8-23-12-6-4-11(5-7-12)9-13-15(20)18(16(21)17-13)10-14(19)22-2/h3-7,9H,1,8,10H2,2H3,(H,17,21)/b13-9+. The van der Waals surface area contributed by atoms with Crippen molar-refractivity contribution in [1.29, 1.82) is 0 Å². The Morgan fingerprint density at radius 3 is 2.61 bits per heavy atom. The third kappa shape index (κ3) is 3.97. The summed E-state index contributed by atoms with van der Waals surface area (Å²) in [6.07, 6.45) is 3.16. The highest BCUT2D eigenvalue weighted by Crippen LogP contribution is 2.17. The molecule has 0 spiro atoms. The molecular weight excluding hydrogens is 300 g/mol. The number of hydrogen-bond acceptors (Lipinski definition) is 5. The minimum atomic E-state index is -0.668. The van der Waals surface area contributed by atoms with E-state index in [1.807, 2.05) is 0 Å². The Morgan fingerprint density at radius 1 is 1.30 bits per heavy atom. The van der Waals surface area contributed by atoms with Crippen molar-refractivity contribution in [2.75, 3.05) is 20.3 Å². The van der Waals surface area contributed by atoms with E-state index in [9.17, 15) is 14.4 Å². The molecule has 0 bridgehead atoms. The third-order valence-electron chi connectivity index (χ3n) is 3.04. The van der Waals surface area contributed by atoms with Gasteiger partial charge >= 0.3 is 12.0 Å². The van der Waals surface area contributed by atoms with Crippen LogP contribution in [0, 0.1) is 0 Å². The number of methoxy groups -OCH3 is 1. The molecule has 0 unspecified atom stereocenters. The van der Waals surface area contributed by atoms with Crippen LogP contribution in [-0.4, -0.2) is 43.1 Å². The van der Waals surface area contributed by atoms with Crippen molar-refractivity contribution >= 4 is 24.0 Å². The number of nitrogens with zero attached hydrogens (tertiary/aromatic N) is 1. The van der Waals surface area contributed by atoms with E-state index < -0.39 is 24.5 Å². The molecule has 0 aliphatic carbocycles. The molecule has 0 aromatic heterocycles. The number of ether oxygens (including phenoxy) is 2. The number of carbonyl (C=O) groups excluding carboxylic acids is 3. The molecule has 1 N–H and O–H groups in total. The number of hydrogen-bond donors (Lipinski definition) is 1. The van der Waals surface area contributed by atoms with Gasteiger partial charge in [0.05, 0.1) is 7.11 Å². The molecule has 1 aromatic carbocycles. The molecule has 7 nitrogen and oxygen atoms in total. The van der Waals surface area contributed by atoms with Crippen molar-refractivity contribution in [1.82, 2.24) is 10.2 Å². The number of rotatable bonds is 6. The second-order valence-corrected chi connectivity index (χ2v) is 4.62. The lowest BCUT2D eigenvalue weighted by Gasteiger charge is -2.09. The van der Waals surface area contributed by atoms with Crippen molar-refractivity contribution < 1.29 is 23.9 Å². The molecule has 120 valence electrons. The lowest BCUT2D eigenvalue weighted by atomic mass is 10.2. The van der Waals surface area contributed by atoms with E-state index >= 15 is 0 Å². The Hall–Kier alpha value is -3.09. The number of urea groups is 1. The van der Waals surface area contributed by atoms with Crippen LogP contribution >= 0.6 is 0 Å². The summed E-state index contributed by atoms with van der Waals surface area (Å²) < 4.78 is 9.81. The number of carbonyl (C=O) groups is 3. The Bertz CT molecular complexity index is 664. The first-order valence-corrected chi connectivity index (χ1v) is 6.80. The van der Waals surface area contributed by atoms with Crippen molar-refractivity contribution in [3.8, 4) is 5.75 Å². The van der Waals surface area contributed by atoms with Gasteiger partial charge in [-0.15, -0.1) is 0 Å². The number of amides is 3. The first kappa shape index (κ1) is 16.3. The van der Waals surface area contributed by atoms with Crippen molar-refractivity contribution in [3.05, 3.63) is 48.2 Å². The number of nitrogens with one attached hydrogen (secondary N) is 1. The Labute approximate surface area is 133 Å². The maximum Gasteiger partial charge on any atom is 0.329 e. The fourth-order valence-corrected chi connectivity index (χ4v) is 1.89. The lowest BCUT2D eigenvalue weighted by molar-refractivity contribution is -0.143. The minimum absolute atomic E-state index is 0.0960. The quantitative estimate of drug-likeness (QED) is 0.370. The smallest absolute Gasteiger partial charge is 0.329 e. The molecule has 1 saturated heterocycles. The van der Waals surface area contributed by atoms with Gasteiger partial charge in [-0.2, -0.15) is 0 Å². The van der Waals surface area contributed by atoms with E-state index in [1.165, 1.54) is 13.2 Å². The molecule has 0 saturated carbocycles. The summed E-state index contributed by atoms with van der Waals surface area (Å²) in [5.74, 6) is -0.577. The third-order valence-corrected chi connectivity index (χ3v) is 3.04.